The highest BCUT2D eigenvalue weighted by molar-refractivity contribution is 5.92. The van der Waals surface area contributed by atoms with Gasteiger partial charge in [0.1, 0.15) is 0 Å². The number of nitrogens with zero attached hydrogens (tertiary/aromatic N) is 3. The fourth-order valence-corrected chi connectivity index (χ4v) is 4.00. The van der Waals surface area contributed by atoms with Crippen LogP contribution in [0.4, 0.5) is 23.0 Å². The fourth-order valence-electron chi connectivity index (χ4n) is 4.00. The molecule has 3 aromatic rings. The van der Waals surface area contributed by atoms with E-state index in [1.165, 1.54) is 0 Å². The second-order valence-corrected chi connectivity index (χ2v) is 7.93. The molecule has 1 saturated heterocycles. The number of para-hydroxylation sites is 1. The molecule has 1 aromatic heterocycles. The van der Waals surface area contributed by atoms with Crippen molar-refractivity contribution in [2.45, 2.75) is 12.8 Å². The van der Waals surface area contributed by atoms with Gasteiger partial charge in [0.2, 0.25) is 11.7 Å². The van der Waals surface area contributed by atoms with Crippen LogP contribution in [-0.4, -0.2) is 50.5 Å². The molecular weight excluding hydrogens is 434 g/mol. The van der Waals surface area contributed by atoms with Gasteiger partial charge < -0.3 is 29.7 Å². The van der Waals surface area contributed by atoms with Crippen LogP contribution in [0, 0.1) is 5.92 Å². The molecule has 9 heteroatoms. The molecule has 0 bridgehead atoms. The van der Waals surface area contributed by atoms with Crippen LogP contribution in [0.5, 0.6) is 17.2 Å². The number of rotatable bonds is 8. The molecule has 2 aromatic carbocycles. The molecule has 0 atom stereocenters. The minimum atomic E-state index is -0.00890. The number of hydrogen-bond donors (Lipinski definition) is 2. The topological polar surface area (TPSA) is 97.8 Å². The van der Waals surface area contributed by atoms with Crippen LogP contribution in [0.1, 0.15) is 12.8 Å². The Bertz CT molecular complexity index is 1080. The van der Waals surface area contributed by atoms with Crippen LogP contribution >= 0.6 is 0 Å². The van der Waals surface area contributed by atoms with Crippen molar-refractivity contribution >= 4 is 28.9 Å². The second kappa shape index (κ2) is 10.7. The molecule has 9 nitrogen and oxygen atoms in total. The normalized spacial score (nSPS) is 13.8. The van der Waals surface area contributed by atoms with E-state index < -0.39 is 0 Å². The summed E-state index contributed by atoms with van der Waals surface area (Å²) >= 11 is 0. The van der Waals surface area contributed by atoms with Crippen LogP contribution in [0.2, 0.25) is 0 Å². The van der Waals surface area contributed by atoms with E-state index in [1.54, 1.807) is 21.3 Å². The Morgan fingerprint density at radius 3 is 2.12 bits per heavy atom. The molecule has 1 amide bonds. The molecule has 0 spiro atoms. The first-order valence-corrected chi connectivity index (χ1v) is 11.1. The van der Waals surface area contributed by atoms with Gasteiger partial charge in [0.05, 0.1) is 21.3 Å². The smallest absolute Gasteiger partial charge is 0.227 e. The van der Waals surface area contributed by atoms with E-state index in [4.69, 9.17) is 14.2 Å². The molecule has 0 aliphatic carbocycles. The maximum absolute atomic E-state index is 12.6. The van der Waals surface area contributed by atoms with Crippen molar-refractivity contribution < 1.29 is 19.0 Å². The average Bonchev–Trinajstić information content (AvgIpc) is 2.89. The number of nitrogens with one attached hydrogen (secondary N) is 2. The van der Waals surface area contributed by atoms with E-state index >= 15 is 0 Å². The van der Waals surface area contributed by atoms with E-state index in [0.717, 1.165) is 43.1 Å². The summed E-state index contributed by atoms with van der Waals surface area (Å²) in [6.07, 6.45) is 1.54. The highest BCUT2D eigenvalue weighted by atomic mass is 16.5. The number of ether oxygens (including phenoxy) is 3. The van der Waals surface area contributed by atoms with Crippen LogP contribution in [-0.2, 0) is 4.79 Å². The highest BCUT2D eigenvalue weighted by Gasteiger charge is 2.26. The largest absolute Gasteiger partial charge is 0.493 e. The van der Waals surface area contributed by atoms with Crippen molar-refractivity contribution in [2.75, 3.05) is 50.0 Å². The van der Waals surface area contributed by atoms with Crippen molar-refractivity contribution in [1.29, 1.82) is 0 Å². The predicted molar refractivity (Wildman–Crippen MR) is 131 cm³/mol. The van der Waals surface area contributed by atoms with Crippen molar-refractivity contribution in [3.63, 3.8) is 0 Å². The van der Waals surface area contributed by atoms with Gasteiger partial charge in [0.25, 0.3) is 0 Å². The number of anilines is 4. The summed E-state index contributed by atoms with van der Waals surface area (Å²) in [4.78, 5) is 14.7. The lowest BCUT2D eigenvalue weighted by atomic mass is 9.96. The fraction of sp³-hybridized carbons (Fsp3) is 0.320. The van der Waals surface area contributed by atoms with Gasteiger partial charge in [-0.05, 0) is 37.1 Å². The number of piperidine rings is 1. The molecule has 0 saturated carbocycles. The first kappa shape index (κ1) is 23.2. The van der Waals surface area contributed by atoms with Gasteiger partial charge in [-0.3, -0.25) is 4.79 Å². The molecule has 1 aliphatic heterocycles. The Morgan fingerprint density at radius 1 is 0.882 bits per heavy atom. The number of aromatic nitrogens is 2. The minimum absolute atomic E-state index is 0.00890. The maximum atomic E-state index is 12.6. The Kier molecular flexibility index (Phi) is 7.31. The van der Waals surface area contributed by atoms with Gasteiger partial charge in [-0.15, -0.1) is 10.2 Å². The van der Waals surface area contributed by atoms with Gasteiger partial charge in [-0.2, -0.15) is 0 Å². The molecule has 0 radical (unpaired) electrons. The van der Waals surface area contributed by atoms with Crippen LogP contribution in [0.15, 0.2) is 54.6 Å². The zero-order chi connectivity index (χ0) is 23.9. The summed E-state index contributed by atoms with van der Waals surface area (Å²) in [5, 5.41) is 14.9. The third kappa shape index (κ3) is 5.31. The lowest BCUT2D eigenvalue weighted by molar-refractivity contribution is -0.120. The molecule has 2 N–H and O–H groups in total. The van der Waals surface area contributed by atoms with Gasteiger partial charge in [0, 0.05) is 42.5 Å². The second-order valence-electron chi connectivity index (χ2n) is 7.93. The number of carbonyl (C=O) groups excluding carboxylic acids is 1. The summed E-state index contributed by atoms with van der Waals surface area (Å²) in [5.41, 5.74) is 1.57. The van der Waals surface area contributed by atoms with Gasteiger partial charge >= 0.3 is 0 Å². The van der Waals surface area contributed by atoms with Gasteiger partial charge in [0.15, 0.2) is 23.1 Å². The SMILES string of the molecule is COc1cc(Nc2ccc(N3CCC(C(=O)Nc4ccccc4)CC3)nn2)cc(OC)c1OC. The van der Waals surface area contributed by atoms with E-state index in [2.05, 4.69) is 25.7 Å². The molecule has 2 heterocycles. The summed E-state index contributed by atoms with van der Waals surface area (Å²) < 4.78 is 16.2. The third-order valence-electron chi connectivity index (χ3n) is 5.82. The molecular formula is C25H29N5O4. The first-order chi connectivity index (χ1) is 16.6. The van der Waals surface area contributed by atoms with Crippen molar-refractivity contribution in [1.82, 2.24) is 10.2 Å². The molecule has 178 valence electrons. The van der Waals surface area contributed by atoms with Crippen molar-refractivity contribution in [2.24, 2.45) is 5.92 Å². The van der Waals surface area contributed by atoms with E-state index in [0.29, 0.717) is 23.1 Å². The molecule has 0 unspecified atom stereocenters. The summed E-state index contributed by atoms with van der Waals surface area (Å²) in [6, 6.07) is 17.0. The zero-order valence-corrected chi connectivity index (χ0v) is 19.6. The third-order valence-corrected chi connectivity index (χ3v) is 5.82. The molecule has 1 fully saturated rings. The van der Waals surface area contributed by atoms with E-state index in [9.17, 15) is 4.79 Å². The quantitative estimate of drug-likeness (QED) is 0.515. The number of carbonyl (C=O) groups is 1. The van der Waals surface area contributed by atoms with Crippen LogP contribution < -0.4 is 29.7 Å². The minimum Gasteiger partial charge on any atom is -0.493 e. The van der Waals surface area contributed by atoms with Crippen LogP contribution in [0.3, 0.4) is 0 Å². The van der Waals surface area contributed by atoms with Crippen LogP contribution in [0.25, 0.3) is 0 Å². The Morgan fingerprint density at radius 2 is 1.56 bits per heavy atom. The lowest BCUT2D eigenvalue weighted by Crippen LogP contribution is -2.38. The Hall–Kier alpha value is -4.01. The lowest BCUT2D eigenvalue weighted by Gasteiger charge is -2.31. The first-order valence-electron chi connectivity index (χ1n) is 11.1. The number of benzene rings is 2. The Balaban J connectivity index is 1.35. The van der Waals surface area contributed by atoms with Gasteiger partial charge in [-0.1, -0.05) is 18.2 Å². The summed E-state index contributed by atoms with van der Waals surface area (Å²) in [6.45, 7) is 1.50. The highest BCUT2D eigenvalue weighted by Crippen LogP contribution is 2.40. The standard InChI is InChI=1S/C25H29N5O4/c1-32-20-15-19(16-21(33-2)24(20)34-3)26-22-9-10-23(29-28-22)30-13-11-17(12-14-30)25(31)27-18-7-5-4-6-8-18/h4-10,15-17H,11-14H2,1-3H3,(H,26,28)(H,27,31). The number of hydrogen-bond acceptors (Lipinski definition) is 8. The summed E-state index contributed by atoms with van der Waals surface area (Å²) in [7, 11) is 4.71. The van der Waals surface area contributed by atoms with E-state index in [-0.39, 0.29) is 11.8 Å². The average molecular weight is 464 g/mol. The number of amides is 1. The number of methoxy groups -OCH3 is 3. The monoisotopic (exact) mass is 463 g/mol. The molecule has 34 heavy (non-hydrogen) atoms. The predicted octanol–water partition coefficient (Wildman–Crippen LogP) is 4.10. The Labute approximate surface area is 199 Å². The molecule has 1 aliphatic rings. The zero-order valence-electron chi connectivity index (χ0n) is 19.6. The maximum Gasteiger partial charge on any atom is 0.227 e. The van der Waals surface area contributed by atoms with Gasteiger partial charge in [-0.25, -0.2) is 0 Å². The molecule has 4 rings (SSSR count). The summed E-state index contributed by atoms with van der Waals surface area (Å²) in [5.74, 6) is 3.07. The van der Waals surface area contributed by atoms with E-state index in [1.807, 2.05) is 54.6 Å². The van der Waals surface area contributed by atoms with Crippen molar-refractivity contribution in [3.8, 4) is 17.2 Å². The van der Waals surface area contributed by atoms with Crippen molar-refractivity contribution in [3.05, 3.63) is 54.6 Å².